The quantitative estimate of drug-likeness (QED) is 0.924. The average Bonchev–Trinajstić information content (AvgIpc) is 2.73. The van der Waals surface area contributed by atoms with Crippen molar-refractivity contribution in [3.63, 3.8) is 0 Å². The molecule has 3 rings (SSSR count). The molecule has 0 amide bonds. The molecule has 0 bridgehead atoms. The summed E-state index contributed by atoms with van der Waals surface area (Å²) >= 11 is 0. The van der Waals surface area contributed by atoms with E-state index in [0.717, 1.165) is 19.6 Å². The van der Waals surface area contributed by atoms with Gasteiger partial charge in [0.05, 0.1) is 0 Å². The third-order valence-electron chi connectivity index (χ3n) is 4.59. The zero-order valence-corrected chi connectivity index (χ0v) is 13.2. The summed E-state index contributed by atoms with van der Waals surface area (Å²) in [7, 11) is 0. The summed E-state index contributed by atoms with van der Waals surface area (Å²) in [6, 6.07) is 16.0. The Hall–Kier alpha value is -1.38. The van der Waals surface area contributed by atoms with Crippen LogP contribution in [0.1, 0.15) is 25.8 Å². The lowest BCUT2D eigenvalue weighted by Gasteiger charge is -2.27. The highest BCUT2D eigenvalue weighted by molar-refractivity contribution is 5.85. The third kappa shape index (κ3) is 3.45. The second-order valence-corrected chi connectivity index (χ2v) is 6.53. The fourth-order valence-electron chi connectivity index (χ4n) is 3.29. The molecule has 2 aromatic rings. The van der Waals surface area contributed by atoms with Crippen molar-refractivity contribution in [2.75, 3.05) is 19.6 Å². The van der Waals surface area contributed by atoms with Crippen molar-refractivity contribution in [2.45, 2.75) is 32.9 Å². The molecule has 0 spiro atoms. The summed E-state index contributed by atoms with van der Waals surface area (Å²) in [4.78, 5) is 2.62. The zero-order chi connectivity index (χ0) is 14.7. The minimum absolute atomic E-state index is 0.613. The van der Waals surface area contributed by atoms with E-state index in [4.69, 9.17) is 0 Å². The van der Waals surface area contributed by atoms with E-state index in [0.29, 0.717) is 12.0 Å². The van der Waals surface area contributed by atoms with Crippen LogP contribution in [-0.4, -0.2) is 30.6 Å². The fourth-order valence-corrected chi connectivity index (χ4v) is 3.29. The lowest BCUT2D eigenvalue weighted by molar-refractivity contribution is 0.239. The van der Waals surface area contributed by atoms with E-state index in [2.05, 4.69) is 66.5 Å². The molecule has 1 unspecified atom stereocenters. The minimum atomic E-state index is 0.613. The first kappa shape index (κ1) is 14.6. The lowest BCUT2D eigenvalue weighted by Crippen LogP contribution is -2.41. The van der Waals surface area contributed by atoms with Crippen LogP contribution in [0.15, 0.2) is 42.5 Å². The number of benzene rings is 2. The molecule has 1 fully saturated rings. The van der Waals surface area contributed by atoms with Gasteiger partial charge in [0.25, 0.3) is 0 Å². The van der Waals surface area contributed by atoms with Crippen LogP contribution in [0.4, 0.5) is 0 Å². The largest absolute Gasteiger partial charge is 0.312 e. The molecule has 0 aromatic heterocycles. The first-order valence-electron chi connectivity index (χ1n) is 8.16. The van der Waals surface area contributed by atoms with Crippen molar-refractivity contribution in [2.24, 2.45) is 5.92 Å². The monoisotopic (exact) mass is 282 g/mol. The van der Waals surface area contributed by atoms with Crippen molar-refractivity contribution < 1.29 is 0 Å². The molecule has 2 aromatic carbocycles. The summed E-state index contributed by atoms with van der Waals surface area (Å²) < 4.78 is 0. The van der Waals surface area contributed by atoms with Gasteiger partial charge in [-0.2, -0.15) is 0 Å². The van der Waals surface area contributed by atoms with Gasteiger partial charge in [-0.15, -0.1) is 0 Å². The van der Waals surface area contributed by atoms with Crippen LogP contribution < -0.4 is 5.32 Å². The number of hydrogen-bond donors (Lipinski definition) is 1. The Morgan fingerprint density at radius 1 is 1.14 bits per heavy atom. The van der Waals surface area contributed by atoms with Crippen LogP contribution in [0.5, 0.6) is 0 Å². The smallest absolute Gasteiger partial charge is 0.0240 e. The molecule has 1 saturated heterocycles. The van der Waals surface area contributed by atoms with Crippen LogP contribution >= 0.6 is 0 Å². The Balaban J connectivity index is 1.80. The predicted molar refractivity (Wildman–Crippen MR) is 90.5 cm³/mol. The van der Waals surface area contributed by atoms with Gasteiger partial charge in [0.1, 0.15) is 0 Å². The van der Waals surface area contributed by atoms with Crippen LogP contribution in [0.2, 0.25) is 0 Å². The molecule has 0 saturated carbocycles. The molecule has 0 aliphatic carbocycles. The van der Waals surface area contributed by atoms with E-state index in [9.17, 15) is 0 Å². The highest BCUT2D eigenvalue weighted by Gasteiger charge is 2.20. The Kier molecular flexibility index (Phi) is 4.57. The van der Waals surface area contributed by atoms with Gasteiger partial charge in [-0.25, -0.2) is 0 Å². The molecule has 1 N–H and O–H groups in total. The molecule has 2 heteroatoms. The summed E-state index contributed by atoms with van der Waals surface area (Å²) in [5.74, 6) is 0.693. The van der Waals surface area contributed by atoms with Gasteiger partial charge >= 0.3 is 0 Å². The second kappa shape index (κ2) is 6.59. The molecule has 1 atom stereocenters. The van der Waals surface area contributed by atoms with E-state index in [1.54, 1.807) is 0 Å². The van der Waals surface area contributed by atoms with Crippen molar-refractivity contribution in [3.05, 3.63) is 48.0 Å². The molecule has 21 heavy (non-hydrogen) atoms. The number of nitrogens with zero attached hydrogens (tertiary/aromatic N) is 1. The molecular formula is C19H26N2. The lowest BCUT2D eigenvalue weighted by atomic mass is 10.0. The van der Waals surface area contributed by atoms with Crippen LogP contribution in [0, 0.1) is 5.92 Å². The van der Waals surface area contributed by atoms with Crippen LogP contribution in [-0.2, 0) is 6.54 Å². The molecule has 1 aliphatic rings. The number of rotatable bonds is 3. The van der Waals surface area contributed by atoms with Gasteiger partial charge in [0.2, 0.25) is 0 Å². The highest BCUT2D eigenvalue weighted by Crippen LogP contribution is 2.21. The van der Waals surface area contributed by atoms with E-state index in [1.165, 1.54) is 29.3 Å². The number of hydrogen-bond acceptors (Lipinski definition) is 2. The maximum Gasteiger partial charge on any atom is 0.0240 e. The Morgan fingerprint density at radius 3 is 2.81 bits per heavy atom. The number of fused-ring (bicyclic) bond motifs is 1. The fraction of sp³-hybridized carbons (Fsp3) is 0.474. The topological polar surface area (TPSA) is 15.3 Å². The molecule has 0 radical (unpaired) electrons. The molecular weight excluding hydrogens is 256 g/mol. The normalized spacial score (nSPS) is 20.8. The van der Waals surface area contributed by atoms with Crippen molar-refractivity contribution in [1.82, 2.24) is 10.2 Å². The Labute approximate surface area is 128 Å². The van der Waals surface area contributed by atoms with E-state index >= 15 is 0 Å². The summed E-state index contributed by atoms with van der Waals surface area (Å²) in [5.41, 5.74) is 1.46. The molecule has 2 nitrogen and oxygen atoms in total. The van der Waals surface area contributed by atoms with Crippen molar-refractivity contribution in [3.8, 4) is 0 Å². The SMILES string of the molecule is CC(C)C1CN(Cc2cccc3ccccc23)CCCN1. The minimum Gasteiger partial charge on any atom is -0.312 e. The average molecular weight is 282 g/mol. The van der Waals surface area contributed by atoms with E-state index in [1.807, 2.05) is 0 Å². The predicted octanol–water partition coefficient (Wildman–Crippen LogP) is 3.66. The van der Waals surface area contributed by atoms with E-state index < -0.39 is 0 Å². The van der Waals surface area contributed by atoms with Gasteiger partial charge in [-0.05, 0) is 41.8 Å². The van der Waals surface area contributed by atoms with Crippen LogP contribution in [0.25, 0.3) is 10.8 Å². The standard InChI is InChI=1S/C19H26N2/c1-15(2)19-14-21(12-6-11-20-19)13-17-9-5-8-16-7-3-4-10-18(16)17/h3-5,7-10,15,19-20H,6,11-14H2,1-2H3. The van der Waals surface area contributed by atoms with Crippen molar-refractivity contribution in [1.29, 1.82) is 0 Å². The van der Waals surface area contributed by atoms with Crippen LogP contribution in [0.3, 0.4) is 0 Å². The van der Waals surface area contributed by atoms with Gasteiger partial charge in [0.15, 0.2) is 0 Å². The Morgan fingerprint density at radius 2 is 1.95 bits per heavy atom. The third-order valence-corrected chi connectivity index (χ3v) is 4.59. The highest BCUT2D eigenvalue weighted by atomic mass is 15.2. The summed E-state index contributed by atoms with van der Waals surface area (Å²) in [6.07, 6.45) is 1.24. The van der Waals surface area contributed by atoms with Gasteiger partial charge < -0.3 is 5.32 Å². The van der Waals surface area contributed by atoms with Gasteiger partial charge in [-0.3, -0.25) is 4.90 Å². The van der Waals surface area contributed by atoms with Gasteiger partial charge in [0, 0.05) is 19.1 Å². The maximum absolute atomic E-state index is 3.69. The summed E-state index contributed by atoms with van der Waals surface area (Å²) in [6.45, 7) is 9.19. The van der Waals surface area contributed by atoms with E-state index in [-0.39, 0.29) is 0 Å². The molecule has 112 valence electrons. The molecule has 1 heterocycles. The summed E-state index contributed by atoms with van der Waals surface area (Å²) in [5, 5.41) is 6.44. The Bertz CT molecular complexity index is 586. The van der Waals surface area contributed by atoms with Crippen molar-refractivity contribution >= 4 is 10.8 Å². The zero-order valence-electron chi connectivity index (χ0n) is 13.2. The maximum atomic E-state index is 3.69. The second-order valence-electron chi connectivity index (χ2n) is 6.53. The van der Waals surface area contributed by atoms with Gasteiger partial charge in [-0.1, -0.05) is 56.3 Å². The molecule has 1 aliphatic heterocycles. The first-order valence-corrected chi connectivity index (χ1v) is 8.16. The first-order chi connectivity index (χ1) is 10.2. The number of nitrogens with one attached hydrogen (secondary N) is 1.